The average molecular weight is 392 g/mol. The molecule has 0 amide bonds. The van der Waals surface area contributed by atoms with Gasteiger partial charge in [-0.2, -0.15) is 5.10 Å². The third-order valence-corrected chi connectivity index (χ3v) is 4.76. The van der Waals surface area contributed by atoms with Crippen LogP contribution in [0.4, 0.5) is 14.6 Å². The number of alkyl halides is 2. The van der Waals surface area contributed by atoms with Gasteiger partial charge in [0.1, 0.15) is 5.82 Å². The zero-order valence-electron chi connectivity index (χ0n) is 14.9. The molecule has 0 spiro atoms. The molecular weight excluding hydrogens is 378 g/mol. The largest absolute Gasteiger partial charge is 0.383 e. The van der Waals surface area contributed by atoms with Gasteiger partial charge in [0.05, 0.1) is 34.2 Å². The van der Waals surface area contributed by atoms with Gasteiger partial charge in [-0.05, 0) is 30.3 Å². The van der Waals surface area contributed by atoms with Crippen LogP contribution in [-0.2, 0) is 0 Å². The molecule has 0 unspecified atom stereocenters. The van der Waals surface area contributed by atoms with E-state index in [9.17, 15) is 13.6 Å². The summed E-state index contributed by atoms with van der Waals surface area (Å²) in [6, 6.07) is 14.2. The van der Waals surface area contributed by atoms with Crippen molar-refractivity contribution in [2.24, 2.45) is 0 Å². The van der Waals surface area contributed by atoms with Crippen molar-refractivity contribution >= 4 is 33.5 Å². The first kappa shape index (κ1) is 17.1. The molecule has 3 heterocycles. The predicted molar refractivity (Wildman–Crippen MR) is 104 cm³/mol. The average Bonchev–Trinajstić information content (AvgIpc) is 3.42. The number of carbonyl (C=O) groups is 1. The van der Waals surface area contributed by atoms with Crippen LogP contribution < -0.4 is 5.73 Å². The van der Waals surface area contributed by atoms with Gasteiger partial charge in [-0.3, -0.25) is 4.79 Å². The summed E-state index contributed by atoms with van der Waals surface area (Å²) < 4.78 is 27.1. The van der Waals surface area contributed by atoms with Crippen molar-refractivity contribution < 1.29 is 13.6 Å². The Morgan fingerprint density at radius 3 is 2.69 bits per heavy atom. The molecule has 144 valence electrons. The number of hydrogen-bond acceptors (Lipinski definition) is 4. The molecule has 0 aliphatic heterocycles. The van der Waals surface area contributed by atoms with Gasteiger partial charge < -0.3 is 15.7 Å². The van der Waals surface area contributed by atoms with E-state index in [1.807, 2.05) is 24.3 Å². The Morgan fingerprint density at radius 2 is 1.90 bits per heavy atom. The topological polar surface area (TPSA) is 105 Å². The lowest BCUT2D eigenvalue weighted by Gasteiger charge is -2.04. The highest BCUT2D eigenvalue weighted by molar-refractivity contribution is 6.12. The molecule has 2 aromatic carbocycles. The normalized spacial score (nSPS) is 11.7. The van der Waals surface area contributed by atoms with Crippen molar-refractivity contribution in [3.8, 4) is 5.69 Å². The van der Waals surface area contributed by atoms with Crippen molar-refractivity contribution in [2.45, 2.75) is 6.43 Å². The van der Waals surface area contributed by atoms with E-state index in [2.05, 4.69) is 20.1 Å². The number of aromatic nitrogens is 5. The number of rotatable bonds is 4. The van der Waals surface area contributed by atoms with Gasteiger partial charge in [0.15, 0.2) is 5.82 Å². The van der Waals surface area contributed by atoms with Gasteiger partial charge in [-0.25, -0.2) is 18.4 Å². The fourth-order valence-electron chi connectivity index (χ4n) is 3.33. The number of anilines is 1. The molecule has 0 fully saturated rings. The van der Waals surface area contributed by atoms with Crippen LogP contribution in [-0.4, -0.2) is 30.5 Å². The number of nitrogen functional groups attached to an aromatic ring is 1. The number of nitrogens with two attached hydrogens (primary N) is 1. The van der Waals surface area contributed by atoms with E-state index in [0.29, 0.717) is 22.4 Å². The number of nitrogens with one attached hydrogen (secondary N) is 2. The Morgan fingerprint density at radius 1 is 1.07 bits per heavy atom. The number of halogens is 2. The SMILES string of the molecule is Nc1c(C(=O)c2cc3ccccc3[nH]2)cnn1-c1ccc2[nH]c(C(F)F)nc2c1. The molecule has 29 heavy (non-hydrogen) atoms. The van der Waals surface area contributed by atoms with Crippen molar-refractivity contribution in [1.29, 1.82) is 0 Å². The Balaban J connectivity index is 1.53. The first-order valence-electron chi connectivity index (χ1n) is 8.75. The van der Waals surface area contributed by atoms with E-state index in [1.165, 1.54) is 10.9 Å². The van der Waals surface area contributed by atoms with Crippen LogP contribution in [0.2, 0.25) is 0 Å². The monoisotopic (exact) mass is 392 g/mol. The van der Waals surface area contributed by atoms with Crippen molar-refractivity contribution in [2.75, 3.05) is 5.73 Å². The van der Waals surface area contributed by atoms with Crippen molar-refractivity contribution in [3.63, 3.8) is 0 Å². The van der Waals surface area contributed by atoms with E-state index in [-0.39, 0.29) is 17.2 Å². The van der Waals surface area contributed by atoms with Gasteiger partial charge >= 0.3 is 0 Å². The fourth-order valence-corrected chi connectivity index (χ4v) is 3.33. The Kier molecular flexibility index (Phi) is 3.70. The zero-order chi connectivity index (χ0) is 20.1. The molecule has 0 radical (unpaired) electrons. The Labute approximate surface area is 162 Å². The molecular formula is C20H14F2N6O. The number of benzene rings is 2. The molecule has 9 heteroatoms. The number of nitrogens with zero attached hydrogens (tertiary/aromatic N) is 3. The summed E-state index contributed by atoms with van der Waals surface area (Å²) in [4.78, 5) is 22.4. The smallest absolute Gasteiger partial charge is 0.295 e. The fraction of sp³-hybridized carbons (Fsp3) is 0.0500. The number of ketones is 1. The van der Waals surface area contributed by atoms with E-state index in [4.69, 9.17) is 5.73 Å². The highest BCUT2D eigenvalue weighted by atomic mass is 19.3. The lowest BCUT2D eigenvalue weighted by atomic mass is 10.1. The summed E-state index contributed by atoms with van der Waals surface area (Å²) >= 11 is 0. The third kappa shape index (κ3) is 2.75. The molecule has 0 atom stereocenters. The first-order valence-corrected chi connectivity index (χ1v) is 8.75. The highest BCUT2D eigenvalue weighted by Gasteiger charge is 2.20. The number of aromatic amines is 2. The van der Waals surface area contributed by atoms with Gasteiger partial charge in [-0.15, -0.1) is 0 Å². The van der Waals surface area contributed by atoms with Gasteiger partial charge in [0.25, 0.3) is 6.43 Å². The number of para-hydroxylation sites is 1. The Hall–Kier alpha value is -4.01. The number of fused-ring (bicyclic) bond motifs is 2. The van der Waals surface area contributed by atoms with E-state index < -0.39 is 12.2 Å². The molecule has 3 aromatic heterocycles. The van der Waals surface area contributed by atoms with Crippen molar-refractivity contribution in [3.05, 3.63) is 71.8 Å². The minimum atomic E-state index is -2.69. The molecule has 0 aliphatic carbocycles. The van der Waals surface area contributed by atoms with Gasteiger partial charge in [0.2, 0.25) is 5.78 Å². The van der Waals surface area contributed by atoms with Crippen molar-refractivity contribution in [1.82, 2.24) is 24.7 Å². The zero-order valence-corrected chi connectivity index (χ0v) is 14.9. The van der Waals surface area contributed by atoms with Crippen LogP contribution in [0, 0.1) is 0 Å². The van der Waals surface area contributed by atoms with Crippen LogP contribution in [0.15, 0.2) is 54.7 Å². The lowest BCUT2D eigenvalue weighted by Crippen LogP contribution is -2.07. The summed E-state index contributed by atoms with van der Waals surface area (Å²) in [5.74, 6) is -0.538. The maximum atomic E-state index is 12.9. The second kappa shape index (κ2) is 6.26. The minimum Gasteiger partial charge on any atom is -0.383 e. The molecule has 7 nitrogen and oxygen atoms in total. The molecule has 0 bridgehead atoms. The molecule has 5 aromatic rings. The van der Waals surface area contributed by atoms with E-state index in [1.54, 1.807) is 24.3 Å². The van der Waals surface area contributed by atoms with Crippen LogP contribution in [0.5, 0.6) is 0 Å². The number of hydrogen-bond donors (Lipinski definition) is 3. The molecule has 0 saturated heterocycles. The van der Waals surface area contributed by atoms with Crippen LogP contribution in [0.1, 0.15) is 28.3 Å². The summed E-state index contributed by atoms with van der Waals surface area (Å²) in [5.41, 5.74) is 9.02. The maximum absolute atomic E-state index is 12.9. The van der Waals surface area contributed by atoms with Gasteiger partial charge in [0, 0.05) is 10.9 Å². The number of imidazole rings is 1. The van der Waals surface area contributed by atoms with E-state index in [0.717, 1.165) is 10.9 Å². The molecule has 0 aliphatic rings. The second-order valence-corrected chi connectivity index (χ2v) is 6.58. The quantitative estimate of drug-likeness (QED) is 0.402. The molecule has 5 rings (SSSR count). The lowest BCUT2D eigenvalue weighted by molar-refractivity contribution is 0.103. The third-order valence-electron chi connectivity index (χ3n) is 4.76. The van der Waals surface area contributed by atoms with Crippen LogP contribution in [0.3, 0.4) is 0 Å². The maximum Gasteiger partial charge on any atom is 0.295 e. The molecule has 0 saturated carbocycles. The van der Waals surface area contributed by atoms with Gasteiger partial charge in [-0.1, -0.05) is 18.2 Å². The van der Waals surface area contributed by atoms with E-state index >= 15 is 0 Å². The van der Waals surface area contributed by atoms with Crippen LogP contribution >= 0.6 is 0 Å². The highest BCUT2D eigenvalue weighted by Crippen LogP contribution is 2.25. The summed E-state index contributed by atoms with van der Waals surface area (Å²) in [6.07, 6.45) is -1.30. The summed E-state index contributed by atoms with van der Waals surface area (Å²) in [6.45, 7) is 0. The number of H-pyrrole nitrogens is 2. The first-order chi connectivity index (χ1) is 14.0. The predicted octanol–water partition coefficient (Wildman–Crippen LogP) is 3.98. The standard InChI is InChI=1S/C20H14F2N6O/c21-18(22)20-26-14-6-5-11(8-15(14)27-20)28-19(23)12(9-24-28)17(29)16-7-10-3-1-2-4-13(10)25-16/h1-9,18,25H,23H2,(H,26,27). The Bertz CT molecular complexity index is 1350. The molecule has 4 N–H and O–H groups in total. The number of carbonyl (C=O) groups excluding carboxylic acids is 1. The van der Waals surface area contributed by atoms with Crippen LogP contribution in [0.25, 0.3) is 27.6 Å². The summed E-state index contributed by atoms with van der Waals surface area (Å²) in [7, 11) is 0. The minimum absolute atomic E-state index is 0.151. The summed E-state index contributed by atoms with van der Waals surface area (Å²) in [5, 5.41) is 5.12. The second-order valence-electron chi connectivity index (χ2n) is 6.58.